The number of sulfonamides is 1. The van der Waals surface area contributed by atoms with Crippen LogP contribution in [0.2, 0.25) is 5.02 Å². The van der Waals surface area contributed by atoms with Crippen LogP contribution < -0.4 is 14.5 Å². The molecule has 1 heterocycles. The zero-order valence-electron chi connectivity index (χ0n) is 21.4. The van der Waals surface area contributed by atoms with Crippen molar-refractivity contribution in [3.05, 3.63) is 107 Å². The molecule has 0 fully saturated rings. The van der Waals surface area contributed by atoms with Crippen LogP contribution in [0.1, 0.15) is 17.0 Å². The van der Waals surface area contributed by atoms with Gasteiger partial charge in [-0.05, 0) is 86.6 Å². The largest absolute Gasteiger partial charge is 0.497 e. The van der Waals surface area contributed by atoms with Crippen LogP contribution in [-0.4, -0.2) is 38.8 Å². The van der Waals surface area contributed by atoms with E-state index in [-0.39, 0.29) is 16.4 Å². The number of rotatable bonds is 9. The standard InChI is InChI=1S/C28H26ClFN4O4S/c1-19-15-21(20(2)34(19)24-9-7-23(30)8-10-24)17-31-32-28(35)18-33(25-6-4-5-22(29)16-25)39(36,37)27-13-11-26(38-3)12-14-27/h4-17H,18H2,1-3H3,(H,32,35)/b31-17-. The fourth-order valence-corrected chi connectivity index (χ4v) is 5.66. The predicted octanol–water partition coefficient (Wildman–Crippen LogP) is 5.24. The van der Waals surface area contributed by atoms with Crippen molar-refractivity contribution in [2.75, 3.05) is 18.0 Å². The van der Waals surface area contributed by atoms with Crippen LogP contribution in [0.15, 0.2) is 88.9 Å². The first-order chi connectivity index (χ1) is 18.6. The number of amides is 1. The summed E-state index contributed by atoms with van der Waals surface area (Å²) in [7, 11) is -2.66. The molecule has 1 N–H and O–H groups in total. The molecule has 0 spiro atoms. The molecule has 11 heteroatoms. The van der Waals surface area contributed by atoms with Crippen LogP contribution in [0, 0.1) is 19.7 Å². The number of nitrogens with zero attached hydrogens (tertiary/aromatic N) is 3. The van der Waals surface area contributed by atoms with Crippen molar-refractivity contribution < 1.29 is 22.3 Å². The summed E-state index contributed by atoms with van der Waals surface area (Å²) in [5.74, 6) is -0.490. The van der Waals surface area contributed by atoms with E-state index in [0.717, 1.165) is 26.9 Å². The number of nitrogens with one attached hydrogen (secondary N) is 1. The van der Waals surface area contributed by atoms with E-state index in [0.29, 0.717) is 10.8 Å². The Kier molecular flexibility index (Phi) is 8.37. The second kappa shape index (κ2) is 11.7. The maximum atomic E-state index is 13.5. The number of carbonyl (C=O) groups excluding carboxylic acids is 1. The highest BCUT2D eigenvalue weighted by molar-refractivity contribution is 7.92. The molecule has 0 aliphatic rings. The molecule has 39 heavy (non-hydrogen) atoms. The molecule has 0 radical (unpaired) electrons. The third-order valence-corrected chi connectivity index (χ3v) is 8.00. The molecule has 4 rings (SSSR count). The quantitative estimate of drug-likeness (QED) is 0.221. The van der Waals surface area contributed by atoms with E-state index in [2.05, 4.69) is 10.5 Å². The first-order valence-corrected chi connectivity index (χ1v) is 13.6. The number of ether oxygens (including phenoxy) is 1. The fraction of sp³-hybridized carbons (Fsp3) is 0.143. The van der Waals surface area contributed by atoms with Gasteiger partial charge in [0.25, 0.3) is 15.9 Å². The Morgan fingerprint density at radius 3 is 2.41 bits per heavy atom. The maximum Gasteiger partial charge on any atom is 0.264 e. The molecule has 4 aromatic rings. The van der Waals surface area contributed by atoms with E-state index < -0.39 is 22.5 Å². The molecule has 0 unspecified atom stereocenters. The van der Waals surface area contributed by atoms with Crippen LogP contribution in [0.3, 0.4) is 0 Å². The van der Waals surface area contributed by atoms with Crippen molar-refractivity contribution in [3.63, 3.8) is 0 Å². The summed E-state index contributed by atoms with van der Waals surface area (Å²) in [6, 6.07) is 20.1. The van der Waals surface area contributed by atoms with E-state index in [9.17, 15) is 17.6 Å². The highest BCUT2D eigenvalue weighted by Crippen LogP contribution is 2.27. The molecule has 8 nitrogen and oxygen atoms in total. The number of aromatic nitrogens is 1. The zero-order valence-corrected chi connectivity index (χ0v) is 23.0. The lowest BCUT2D eigenvalue weighted by Crippen LogP contribution is -2.39. The number of methoxy groups -OCH3 is 1. The Morgan fingerprint density at radius 1 is 1.08 bits per heavy atom. The molecule has 0 aliphatic carbocycles. The molecule has 202 valence electrons. The van der Waals surface area contributed by atoms with Gasteiger partial charge in [-0.25, -0.2) is 18.2 Å². The summed E-state index contributed by atoms with van der Waals surface area (Å²) in [5, 5.41) is 4.36. The third kappa shape index (κ3) is 6.30. The molecule has 0 atom stereocenters. The second-order valence-corrected chi connectivity index (χ2v) is 10.9. The minimum atomic E-state index is -4.13. The van der Waals surface area contributed by atoms with Crippen LogP contribution in [0.5, 0.6) is 5.75 Å². The van der Waals surface area contributed by atoms with Gasteiger partial charge in [-0.1, -0.05) is 17.7 Å². The number of hydrazone groups is 1. The molecular weight excluding hydrogens is 543 g/mol. The topological polar surface area (TPSA) is 93.0 Å². The van der Waals surface area contributed by atoms with Crippen molar-refractivity contribution in [1.82, 2.24) is 9.99 Å². The molecule has 0 saturated carbocycles. The fourth-order valence-electron chi connectivity index (χ4n) is 4.07. The van der Waals surface area contributed by atoms with Crippen LogP contribution >= 0.6 is 11.6 Å². The van der Waals surface area contributed by atoms with Crippen molar-refractivity contribution in [2.45, 2.75) is 18.7 Å². The third-order valence-electron chi connectivity index (χ3n) is 5.98. The van der Waals surface area contributed by atoms with Gasteiger partial charge in [-0.15, -0.1) is 0 Å². The highest BCUT2D eigenvalue weighted by atomic mass is 35.5. The minimum Gasteiger partial charge on any atom is -0.497 e. The average Bonchev–Trinajstić information content (AvgIpc) is 3.20. The van der Waals surface area contributed by atoms with Crippen LogP contribution in [0.4, 0.5) is 10.1 Å². The van der Waals surface area contributed by atoms with Crippen molar-refractivity contribution in [3.8, 4) is 11.4 Å². The van der Waals surface area contributed by atoms with Gasteiger partial charge in [-0.2, -0.15) is 5.10 Å². The minimum absolute atomic E-state index is 0.0205. The first kappa shape index (κ1) is 27.9. The number of aryl methyl sites for hydroxylation is 1. The first-order valence-electron chi connectivity index (χ1n) is 11.8. The van der Waals surface area contributed by atoms with E-state index in [1.165, 1.54) is 55.8 Å². The molecule has 1 amide bonds. The predicted molar refractivity (Wildman–Crippen MR) is 150 cm³/mol. The summed E-state index contributed by atoms with van der Waals surface area (Å²) in [4.78, 5) is 12.8. The summed E-state index contributed by atoms with van der Waals surface area (Å²) in [6.45, 7) is 3.24. The number of halogens is 2. The average molecular weight is 569 g/mol. The summed E-state index contributed by atoms with van der Waals surface area (Å²) in [5.41, 5.74) is 5.87. The highest BCUT2D eigenvalue weighted by Gasteiger charge is 2.27. The van der Waals surface area contributed by atoms with Gasteiger partial charge in [-0.3, -0.25) is 9.10 Å². The lowest BCUT2D eigenvalue weighted by atomic mass is 10.2. The number of anilines is 1. The molecule has 0 bridgehead atoms. The Bertz CT molecular complexity index is 1620. The van der Waals surface area contributed by atoms with Crippen molar-refractivity contribution >= 4 is 39.4 Å². The summed E-state index contributed by atoms with van der Waals surface area (Å²) >= 11 is 6.11. The summed E-state index contributed by atoms with van der Waals surface area (Å²) in [6.07, 6.45) is 1.47. The van der Waals surface area contributed by atoms with E-state index in [4.69, 9.17) is 16.3 Å². The van der Waals surface area contributed by atoms with Gasteiger partial charge in [0.1, 0.15) is 18.1 Å². The normalized spacial score (nSPS) is 11.5. The number of benzene rings is 3. The molecule has 3 aromatic carbocycles. The van der Waals surface area contributed by atoms with Gasteiger partial charge in [0.15, 0.2) is 0 Å². The SMILES string of the molecule is COc1ccc(S(=O)(=O)N(CC(=O)N/N=C\c2cc(C)n(-c3ccc(F)cc3)c2C)c2cccc(Cl)c2)cc1. The van der Waals surface area contributed by atoms with Gasteiger partial charge in [0.05, 0.1) is 23.9 Å². The number of carbonyl (C=O) groups is 1. The van der Waals surface area contributed by atoms with Gasteiger partial charge in [0, 0.05) is 27.7 Å². The molecular formula is C28H26ClFN4O4S. The lowest BCUT2D eigenvalue weighted by molar-refractivity contribution is -0.119. The van der Waals surface area contributed by atoms with E-state index >= 15 is 0 Å². The zero-order chi connectivity index (χ0) is 28.2. The van der Waals surface area contributed by atoms with E-state index in [1.807, 2.05) is 24.5 Å². The second-order valence-electron chi connectivity index (χ2n) is 8.60. The Hall–Kier alpha value is -4.15. The maximum absolute atomic E-state index is 13.5. The lowest BCUT2D eigenvalue weighted by Gasteiger charge is -2.24. The molecule has 0 aliphatic heterocycles. The smallest absolute Gasteiger partial charge is 0.264 e. The van der Waals surface area contributed by atoms with Crippen molar-refractivity contribution in [1.29, 1.82) is 0 Å². The monoisotopic (exact) mass is 568 g/mol. The van der Waals surface area contributed by atoms with Crippen LogP contribution in [-0.2, 0) is 14.8 Å². The molecule has 1 aromatic heterocycles. The Labute approximate surface area is 231 Å². The Morgan fingerprint density at radius 2 is 1.77 bits per heavy atom. The van der Waals surface area contributed by atoms with Gasteiger partial charge >= 0.3 is 0 Å². The van der Waals surface area contributed by atoms with Crippen molar-refractivity contribution in [2.24, 2.45) is 5.10 Å². The molecule has 0 saturated heterocycles. The summed E-state index contributed by atoms with van der Waals surface area (Å²) < 4.78 is 48.4. The number of hydrogen-bond donors (Lipinski definition) is 1. The van der Waals surface area contributed by atoms with Gasteiger partial charge in [0.2, 0.25) is 0 Å². The van der Waals surface area contributed by atoms with Crippen LogP contribution in [0.25, 0.3) is 5.69 Å². The van der Waals surface area contributed by atoms with Gasteiger partial charge < -0.3 is 9.30 Å². The number of hydrogen-bond acceptors (Lipinski definition) is 5. The van der Waals surface area contributed by atoms with E-state index in [1.54, 1.807) is 30.3 Å². The Balaban J connectivity index is 1.55.